The fourth-order valence-corrected chi connectivity index (χ4v) is 4.60. The van der Waals surface area contributed by atoms with Gasteiger partial charge < -0.3 is 15.2 Å². The Hall–Kier alpha value is -2.90. The van der Waals surface area contributed by atoms with Crippen LogP contribution in [-0.2, 0) is 9.59 Å². The highest BCUT2D eigenvalue weighted by Crippen LogP contribution is 2.42. The summed E-state index contributed by atoms with van der Waals surface area (Å²) < 4.78 is 0. The molecule has 2 aromatic rings. The topological polar surface area (TPSA) is 98.4 Å². The summed E-state index contributed by atoms with van der Waals surface area (Å²) in [6, 6.07) is 7.50. The molecule has 3 aliphatic rings. The zero-order valence-corrected chi connectivity index (χ0v) is 16.5. The molecule has 1 saturated carbocycles. The first-order valence-electron chi connectivity index (χ1n) is 10.3. The lowest BCUT2D eigenvalue weighted by Crippen LogP contribution is -2.48. The molecule has 5 rings (SSSR count). The van der Waals surface area contributed by atoms with Gasteiger partial charge in [0.25, 0.3) is 5.91 Å². The van der Waals surface area contributed by atoms with E-state index >= 15 is 0 Å². The fraction of sp³-hybridized carbons (Fsp3) is 0.524. The van der Waals surface area contributed by atoms with Gasteiger partial charge in [-0.1, -0.05) is 12.1 Å². The Morgan fingerprint density at radius 3 is 2.59 bits per heavy atom. The van der Waals surface area contributed by atoms with Crippen LogP contribution >= 0.6 is 0 Å². The minimum Gasteiger partial charge on any atom is -0.342 e. The summed E-state index contributed by atoms with van der Waals surface area (Å²) in [5.41, 5.74) is 1.14. The lowest BCUT2D eigenvalue weighted by molar-refractivity contribution is -0.139. The molecule has 3 heterocycles. The van der Waals surface area contributed by atoms with E-state index in [2.05, 4.69) is 15.3 Å². The van der Waals surface area contributed by atoms with E-state index in [1.54, 1.807) is 11.8 Å². The number of carbonyl (C=O) groups excluding carboxylic acids is 3. The molecule has 1 aromatic heterocycles. The number of amides is 4. The van der Waals surface area contributed by atoms with Crippen molar-refractivity contribution in [2.45, 2.75) is 44.1 Å². The first-order valence-corrected chi connectivity index (χ1v) is 10.3. The highest BCUT2D eigenvalue weighted by molar-refractivity contribution is 6.09. The van der Waals surface area contributed by atoms with Crippen LogP contribution in [0.4, 0.5) is 4.79 Å². The van der Waals surface area contributed by atoms with Crippen LogP contribution in [0.1, 0.15) is 44.3 Å². The summed E-state index contributed by atoms with van der Waals surface area (Å²) in [5.74, 6) is 1.000. The summed E-state index contributed by atoms with van der Waals surface area (Å²) in [4.78, 5) is 48.7. The number of aromatic amines is 1. The second-order valence-corrected chi connectivity index (χ2v) is 8.59. The molecule has 1 aliphatic carbocycles. The van der Waals surface area contributed by atoms with Gasteiger partial charge in [-0.25, -0.2) is 9.78 Å². The number of nitrogens with zero attached hydrogens (tertiary/aromatic N) is 3. The van der Waals surface area contributed by atoms with Gasteiger partial charge in [0.15, 0.2) is 0 Å². The number of hydrogen-bond donors (Lipinski definition) is 2. The predicted molar refractivity (Wildman–Crippen MR) is 106 cm³/mol. The number of imidazole rings is 1. The van der Waals surface area contributed by atoms with Gasteiger partial charge in [0.2, 0.25) is 5.91 Å². The summed E-state index contributed by atoms with van der Waals surface area (Å²) in [7, 11) is 0. The zero-order valence-electron chi connectivity index (χ0n) is 16.5. The summed E-state index contributed by atoms with van der Waals surface area (Å²) >= 11 is 0. The smallest absolute Gasteiger partial charge is 0.325 e. The van der Waals surface area contributed by atoms with E-state index in [9.17, 15) is 14.4 Å². The second-order valence-electron chi connectivity index (χ2n) is 8.59. The molecule has 2 aliphatic heterocycles. The molecule has 2 N–H and O–H groups in total. The van der Waals surface area contributed by atoms with Gasteiger partial charge in [-0.15, -0.1) is 0 Å². The molecule has 0 radical (unpaired) electrons. The largest absolute Gasteiger partial charge is 0.342 e. The van der Waals surface area contributed by atoms with E-state index in [1.807, 2.05) is 24.3 Å². The van der Waals surface area contributed by atoms with Crippen molar-refractivity contribution in [2.75, 3.05) is 19.6 Å². The van der Waals surface area contributed by atoms with Crippen LogP contribution in [0.2, 0.25) is 0 Å². The Kier molecular flexibility index (Phi) is 4.11. The number of benzene rings is 1. The lowest BCUT2D eigenvalue weighted by atomic mass is 9.95. The number of likely N-dealkylation sites (tertiary alicyclic amines) is 1. The average Bonchev–Trinajstić information content (AvgIpc) is 3.46. The van der Waals surface area contributed by atoms with Gasteiger partial charge in [0.05, 0.1) is 11.0 Å². The molecule has 0 spiro atoms. The van der Waals surface area contributed by atoms with Crippen molar-refractivity contribution in [1.82, 2.24) is 25.1 Å². The third kappa shape index (κ3) is 3.07. The molecular formula is C21H25N5O3. The van der Waals surface area contributed by atoms with Crippen molar-refractivity contribution < 1.29 is 14.4 Å². The number of imide groups is 1. The fourth-order valence-electron chi connectivity index (χ4n) is 4.60. The van der Waals surface area contributed by atoms with Crippen molar-refractivity contribution in [1.29, 1.82) is 0 Å². The number of aromatic nitrogens is 2. The molecule has 2 saturated heterocycles. The van der Waals surface area contributed by atoms with E-state index in [0.29, 0.717) is 13.1 Å². The Morgan fingerprint density at radius 2 is 1.90 bits per heavy atom. The number of nitrogens with one attached hydrogen (secondary N) is 2. The first-order chi connectivity index (χ1) is 14.0. The number of fused-ring (bicyclic) bond motifs is 1. The molecule has 1 aromatic carbocycles. The Balaban J connectivity index is 1.20. The molecule has 8 heteroatoms. The number of H-pyrrole nitrogens is 1. The van der Waals surface area contributed by atoms with E-state index in [-0.39, 0.29) is 30.2 Å². The molecule has 1 atom stereocenters. The third-order valence-corrected chi connectivity index (χ3v) is 6.63. The Labute approximate surface area is 168 Å². The molecule has 4 amide bonds. The highest BCUT2D eigenvalue weighted by atomic mass is 16.2. The maximum atomic E-state index is 12.8. The standard InChI is InChI=1S/C21H25N5O3/c1-21(14-6-7-14)19(28)26(20(29)24-21)12-17(27)25-10-8-13(9-11-25)18-22-15-4-2-3-5-16(15)23-18/h2-5,13-14H,6-12H2,1H3,(H,22,23)(H,24,29). The maximum Gasteiger partial charge on any atom is 0.325 e. The summed E-state index contributed by atoms with van der Waals surface area (Å²) in [6.45, 7) is 2.80. The lowest BCUT2D eigenvalue weighted by Gasteiger charge is -2.32. The average molecular weight is 395 g/mol. The van der Waals surface area contributed by atoms with Crippen LogP contribution in [0, 0.1) is 5.92 Å². The first kappa shape index (κ1) is 18.1. The van der Waals surface area contributed by atoms with Crippen LogP contribution < -0.4 is 5.32 Å². The van der Waals surface area contributed by atoms with Crippen LogP contribution in [0.25, 0.3) is 11.0 Å². The van der Waals surface area contributed by atoms with Crippen LogP contribution in [-0.4, -0.2) is 62.8 Å². The number of carbonyl (C=O) groups is 3. The monoisotopic (exact) mass is 395 g/mol. The van der Waals surface area contributed by atoms with E-state index in [4.69, 9.17) is 0 Å². The molecule has 8 nitrogen and oxygen atoms in total. The van der Waals surface area contributed by atoms with Crippen LogP contribution in [0.5, 0.6) is 0 Å². The normalized spacial score (nSPS) is 25.7. The van der Waals surface area contributed by atoms with Gasteiger partial charge in [-0.2, -0.15) is 0 Å². The molecule has 29 heavy (non-hydrogen) atoms. The second kappa shape index (κ2) is 6.57. The number of para-hydroxylation sites is 2. The van der Waals surface area contributed by atoms with E-state index in [1.165, 1.54) is 0 Å². The third-order valence-electron chi connectivity index (χ3n) is 6.63. The molecule has 1 unspecified atom stereocenters. The van der Waals surface area contributed by atoms with Gasteiger partial charge >= 0.3 is 6.03 Å². The van der Waals surface area contributed by atoms with Gasteiger partial charge in [0.1, 0.15) is 17.9 Å². The molecule has 0 bridgehead atoms. The SMILES string of the molecule is CC1(C2CC2)NC(=O)N(CC(=O)N2CCC(c3nc4ccccc4[nH]3)CC2)C1=O. The minimum absolute atomic E-state index is 0.170. The molecular weight excluding hydrogens is 370 g/mol. The number of piperidine rings is 1. The molecule has 152 valence electrons. The van der Waals surface area contributed by atoms with Crippen molar-refractivity contribution >= 4 is 28.9 Å². The summed E-state index contributed by atoms with van der Waals surface area (Å²) in [5, 5.41) is 2.80. The van der Waals surface area contributed by atoms with Crippen molar-refractivity contribution in [3.05, 3.63) is 30.1 Å². The highest BCUT2D eigenvalue weighted by Gasteiger charge is 2.56. The zero-order chi connectivity index (χ0) is 20.2. The molecule has 3 fully saturated rings. The van der Waals surface area contributed by atoms with E-state index < -0.39 is 11.6 Å². The Bertz CT molecular complexity index is 956. The van der Waals surface area contributed by atoms with Gasteiger partial charge in [0, 0.05) is 19.0 Å². The minimum atomic E-state index is -0.842. The van der Waals surface area contributed by atoms with E-state index in [0.717, 1.165) is 47.4 Å². The van der Waals surface area contributed by atoms with Crippen LogP contribution in [0.15, 0.2) is 24.3 Å². The number of rotatable bonds is 4. The van der Waals surface area contributed by atoms with Gasteiger partial charge in [-0.3, -0.25) is 14.5 Å². The Morgan fingerprint density at radius 1 is 1.17 bits per heavy atom. The maximum absolute atomic E-state index is 12.8. The van der Waals surface area contributed by atoms with Crippen LogP contribution in [0.3, 0.4) is 0 Å². The number of hydrogen-bond acceptors (Lipinski definition) is 4. The quantitative estimate of drug-likeness (QED) is 0.774. The number of urea groups is 1. The van der Waals surface area contributed by atoms with Crippen molar-refractivity contribution in [2.24, 2.45) is 5.92 Å². The van der Waals surface area contributed by atoms with Gasteiger partial charge in [-0.05, 0) is 50.7 Å². The van der Waals surface area contributed by atoms with Crippen molar-refractivity contribution in [3.8, 4) is 0 Å². The predicted octanol–water partition coefficient (Wildman–Crippen LogP) is 1.99. The summed E-state index contributed by atoms with van der Waals surface area (Å²) in [6.07, 6.45) is 3.51. The van der Waals surface area contributed by atoms with Crippen molar-refractivity contribution in [3.63, 3.8) is 0 Å².